The van der Waals surface area contributed by atoms with Gasteiger partial charge in [0.2, 0.25) is 5.75 Å². The lowest BCUT2D eigenvalue weighted by Crippen LogP contribution is -1.97. The Kier molecular flexibility index (Phi) is 6.23. The summed E-state index contributed by atoms with van der Waals surface area (Å²) in [4.78, 5) is 25.0. The summed E-state index contributed by atoms with van der Waals surface area (Å²) < 4.78 is 10.9. The van der Waals surface area contributed by atoms with Crippen LogP contribution in [-0.2, 0) is 0 Å². The highest BCUT2D eigenvalue weighted by molar-refractivity contribution is 6.30. The molecule has 10 heteroatoms. The summed E-state index contributed by atoms with van der Waals surface area (Å²) >= 11 is 5.85. The van der Waals surface area contributed by atoms with Gasteiger partial charge in [0.05, 0.1) is 28.7 Å². The van der Waals surface area contributed by atoms with Gasteiger partial charge in [-0.25, -0.2) is 0 Å². The highest BCUT2D eigenvalue weighted by Gasteiger charge is 2.22. The number of hydrogen-bond acceptors (Lipinski definition) is 7. The monoisotopic (exact) mass is 427 g/mol. The predicted molar refractivity (Wildman–Crippen MR) is 112 cm³/mol. The molecule has 0 unspecified atom stereocenters. The fourth-order valence-electron chi connectivity index (χ4n) is 2.49. The molecule has 0 aliphatic rings. The number of halogens is 1. The molecule has 9 nitrogen and oxygen atoms in total. The zero-order chi connectivity index (χ0) is 21.7. The Morgan fingerprint density at radius 3 is 2.23 bits per heavy atom. The van der Waals surface area contributed by atoms with E-state index in [2.05, 4.69) is 4.99 Å². The van der Waals surface area contributed by atoms with Crippen LogP contribution in [0.1, 0.15) is 5.56 Å². The van der Waals surface area contributed by atoms with Gasteiger partial charge < -0.3 is 9.47 Å². The van der Waals surface area contributed by atoms with E-state index >= 15 is 0 Å². The Labute approximate surface area is 175 Å². The van der Waals surface area contributed by atoms with Crippen LogP contribution in [0.15, 0.2) is 65.7 Å². The number of hydrogen-bond donors (Lipinski definition) is 0. The van der Waals surface area contributed by atoms with Crippen LogP contribution in [0.3, 0.4) is 0 Å². The minimum atomic E-state index is -0.748. The van der Waals surface area contributed by atoms with Gasteiger partial charge in [-0.2, -0.15) is 0 Å². The summed E-state index contributed by atoms with van der Waals surface area (Å²) in [7, 11) is 1.42. The molecule has 0 bridgehead atoms. The third-order valence-electron chi connectivity index (χ3n) is 3.95. The largest absolute Gasteiger partial charge is 0.493 e. The van der Waals surface area contributed by atoms with Gasteiger partial charge in [-0.05, 0) is 54.1 Å². The van der Waals surface area contributed by atoms with Crippen molar-refractivity contribution in [3.05, 3.63) is 91.5 Å². The van der Waals surface area contributed by atoms with Gasteiger partial charge in [0.1, 0.15) is 0 Å². The first kappa shape index (κ1) is 20.7. The van der Waals surface area contributed by atoms with Crippen LogP contribution in [0, 0.1) is 20.2 Å². The molecule has 152 valence electrons. The van der Waals surface area contributed by atoms with Crippen LogP contribution in [-0.4, -0.2) is 23.2 Å². The smallest absolute Gasteiger partial charge is 0.318 e. The van der Waals surface area contributed by atoms with Gasteiger partial charge in [0.15, 0.2) is 11.5 Å². The Morgan fingerprint density at radius 2 is 1.60 bits per heavy atom. The molecule has 3 aromatic carbocycles. The van der Waals surface area contributed by atoms with Crippen molar-refractivity contribution in [3.63, 3.8) is 0 Å². The Bertz CT molecular complexity index is 1130. The van der Waals surface area contributed by atoms with Crippen LogP contribution in [0.25, 0.3) is 0 Å². The lowest BCUT2D eigenvalue weighted by molar-refractivity contribution is -0.394. The molecule has 0 saturated carbocycles. The lowest BCUT2D eigenvalue weighted by Gasteiger charge is -2.11. The summed E-state index contributed by atoms with van der Waals surface area (Å²) in [5.41, 5.74) is 0.474. The van der Waals surface area contributed by atoms with Crippen LogP contribution in [0.4, 0.5) is 17.1 Å². The number of nitrogens with zero attached hydrogens (tertiary/aromatic N) is 3. The van der Waals surface area contributed by atoms with Crippen LogP contribution in [0.5, 0.6) is 17.2 Å². The van der Waals surface area contributed by atoms with E-state index in [4.69, 9.17) is 21.1 Å². The molecule has 30 heavy (non-hydrogen) atoms. The number of nitro groups is 2. The molecule has 3 aromatic rings. The van der Waals surface area contributed by atoms with Crippen LogP contribution in [0.2, 0.25) is 5.02 Å². The van der Waals surface area contributed by atoms with E-state index < -0.39 is 21.2 Å². The highest BCUT2D eigenvalue weighted by atomic mass is 35.5. The van der Waals surface area contributed by atoms with E-state index in [1.165, 1.54) is 13.2 Å². The molecular formula is C20H14ClN3O6. The summed E-state index contributed by atoms with van der Waals surface area (Å²) in [6, 6.07) is 15.0. The van der Waals surface area contributed by atoms with E-state index in [1.807, 2.05) is 0 Å². The second-order valence-electron chi connectivity index (χ2n) is 5.91. The van der Waals surface area contributed by atoms with Crippen molar-refractivity contribution >= 4 is 34.9 Å². The highest BCUT2D eigenvalue weighted by Crippen LogP contribution is 2.38. The molecule has 0 aliphatic carbocycles. The number of non-ortho nitro benzene ring substituents is 1. The molecule has 0 amide bonds. The van der Waals surface area contributed by atoms with Crippen LogP contribution < -0.4 is 9.47 Å². The fourth-order valence-corrected chi connectivity index (χ4v) is 2.62. The summed E-state index contributed by atoms with van der Waals surface area (Å²) in [6.07, 6.45) is 1.61. The average molecular weight is 428 g/mol. The van der Waals surface area contributed by atoms with Crippen molar-refractivity contribution in [1.82, 2.24) is 0 Å². The number of aliphatic imine (C=N–C) groups is 1. The molecule has 0 aliphatic heterocycles. The summed E-state index contributed by atoms with van der Waals surface area (Å²) in [5.74, 6) is 0.368. The quantitative estimate of drug-likeness (QED) is 0.271. The van der Waals surface area contributed by atoms with Crippen molar-refractivity contribution < 1.29 is 19.3 Å². The molecule has 3 rings (SSSR count). The molecular weight excluding hydrogens is 414 g/mol. The number of ether oxygens (including phenoxy) is 2. The maximum absolute atomic E-state index is 11.3. The third-order valence-corrected chi connectivity index (χ3v) is 4.20. The normalized spacial score (nSPS) is 10.7. The topological polar surface area (TPSA) is 117 Å². The van der Waals surface area contributed by atoms with E-state index in [0.717, 1.165) is 12.1 Å². The fraction of sp³-hybridized carbons (Fsp3) is 0.0500. The third kappa shape index (κ3) is 4.89. The predicted octanol–water partition coefficient (Wildman–Crippen LogP) is 5.71. The molecule has 0 N–H and O–H groups in total. The standard InChI is InChI=1S/C20H14ClN3O6/c1-29-20-10-13(12-22-15-5-3-14(21)4-6-15)2-8-19(20)30-18-9-7-16(23(25)26)11-17(18)24(27)28/h2-12H,1H3. The Morgan fingerprint density at radius 1 is 0.900 bits per heavy atom. The molecule has 0 heterocycles. The zero-order valence-corrected chi connectivity index (χ0v) is 16.3. The molecule has 0 fully saturated rings. The molecule has 0 atom stereocenters. The first-order valence-corrected chi connectivity index (χ1v) is 8.83. The first-order valence-electron chi connectivity index (χ1n) is 8.46. The van der Waals surface area contributed by atoms with Gasteiger partial charge in [-0.15, -0.1) is 0 Å². The Hall–Kier alpha value is -3.98. The van der Waals surface area contributed by atoms with Crippen molar-refractivity contribution in [1.29, 1.82) is 0 Å². The van der Waals surface area contributed by atoms with Crippen molar-refractivity contribution in [2.45, 2.75) is 0 Å². The number of benzene rings is 3. The van der Waals surface area contributed by atoms with E-state index in [9.17, 15) is 20.2 Å². The molecule has 0 saturated heterocycles. The van der Waals surface area contributed by atoms with Gasteiger partial charge in [-0.3, -0.25) is 25.2 Å². The number of methoxy groups -OCH3 is 1. The Balaban J connectivity index is 1.88. The van der Waals surface area contributed by atoms with Crippen molar-refractivity contribution in [2.75, 3.05) is 7.11 Å². The summed E-state index contributed by atoms with van der Waals surface area (Å²) in [5, 5.41) is 22.8. The molecule has 0 aromatic heterocycles. The van der Waals surface area contributed by atoms with E-state index in [-0.39, 0.29) is 11.5 Å². The van der Waals surface area contributed by atoms with Crippen molar-refractivity contribution in [2.24, 2.45) is 4.99 Å². The second kappa shape index (κ2) is 9.01. The first-order chi connectivity index (χ1) is 14.4. The maximum Gasteiger partial charge on any atom is 0.318 e. The average Bonchev–Trinajstić information content (AvgIpc) is 2.74. The molecule has 0 radical (unpaired) electrons. The lowest BCUT2D eigenvalue weighted by atomic mass is 10.2. The molecule has 0 spiro atoms. The van der Waals surface area contributed by atoms with E-state index in [0.29, 0.717) is 22.0 Å². The minimum absolute atomic E-state index is 0.147. The van der Waals surface area contributed by atoms with Crippen LogP contribution >= 0.6 is 11.6 Å². The van der Waals surface area contributed by atoms with Gasteiger partial charge in [0, 0.05) is 17.3 Å². The van der Waals surface area contributed by atoms with Gasteiger partial charge in [-0.1, -0.05) is 11.6 Å². The van der Waals surface area contributed by atoms with E-state index in [1.54, 1.807) is 48.7 Å². The van der Waals surface area contributed by atoms with Gasteiger partial charge in [0.25, 0.3) is 5.69 Å². The zero-order valence-electron chi connectivity index (χ0n) is 15.5. The maximum atomic E-state index is 11.3. The van der Waals surface area contributed by atoms with Crippen molar-refractivity contribution in [3.8, 4) is 17.2 Å². The second-order valence-corrected chi connectivity index (χ2v) is 6.35. The number of rotatable bonds is 7. The number of nitro benzene ring substituents is 2. The minimum Gasteiger partial charge on any atom is -0.493 e. The van der Waals surface area contributed by atoms with Gasteiger partial charge >= 0.3 is 5.69 Å². The summed E-state index contributed by atoms with van der Waals surface area (Å²) in [6.45, 7) is 0. The SMILES string of the molecule is COc1cc(C=Nc2ccc(Cl)cc2)ccc1Oc1ccc([N+](=O)[O-])cc1[N+](=O)[O-].